The molecule has 2 fully saturated rings. The molecule has 1 N–H and O–H groups in total. The summed E-state index contributed by atoms with van der Waals surface area (Å²) in [5.74, 6) is 0.994. The normalized spacial score (nSPS) is 32.2. The van der Waals surface area contributed by atoms with Crippen LogP contribution in [-0.4, -0.2) is 38.3 Å². The second-order valence-corrected chi connectivity index (χ2v) is 8.07. The molecular weight excluding hydrogens is 250 g/mol. The number of hydrogen-bond donors (Lipinski definition) is 1. The van der Waals surface area contributed by atoms with Crippen LogP contribution in [0.15, 0.2) is 0 Å². The molecule has 104 valence electrons. The zero-order valence-electron chi connectivity index (χ0n) is 11.0. The number of rotatable bonds is 5. The number of fused-ring (bicyclic) bond motifs is 1. The van der Waals surface area contributed by atoms with Crippen LogP contribution in [0.25, 0.3) is 0 Å². The van der Waals surface area contributed by atoms with Crippen LogP contribution >= 0.6 is 0 Å². The molecule has 0 radical (unpaired) electrons. The van der Waals surface area contributed by atoms with E-state index in [0.717, 1.165) is 6.42 Å². The zero-order valence-corrected chi connectivity index (χ0v) is 11.8. The van der Waals surface area contributed by atoms with Gasteiger partial charge in [0.1, 0.15) is 15.6 Å². The number of ketones is 1. The molecule has 1 aliphatic carbocycles. The van der Waals surface area contributed by atoms with E-state index in [4.69, 9.17) is 0 Å². The van der Waals surface area contributed by atoms with Crippen LogP contribution in [0.5, 0.6) is 0 Å². The fraction of sp³-hybridized carbons (Fsp3) is 0.923. The highest BCUT2D eigenvalue weighted by molar-refractivity contribution is 7.90. The van der Waals surface area contributed by atoms with Crippen molar-refractivity contribution < 1.29 is 13.2 Å². The summed E-state index contributed by atoms with van der Waals surface area (Å²) in [4.78, 5) is 12.0. The monoisotopic (exact) mass is 273 g/mol. The second-order valence-electron chi connectivity index (χ2n) is 5.81. The SMILES string of the molecule is CS(=O)(=O)CCCC(=O)C1CC2CCCCC2N1. The first-order valence-corrected chi connectivity index (χ1v) is 8.98. The molecule has 1 saturated carbocycles. The predicted molar refractivity (Wildman–Crippen MR) is 71.2 cm³/mol. The first-order chi connectivity index (χ1) is 8.46. The Kier molecular flexibility index (Phi) is 4.43. The number of sulfone groups is 1. The van der Waals surface area contributed by atoms with Gasteiger partial charge in [-0.1, -0.05) is 12.8 Å². The topological polar surface area (TPSA) is 63.2 Å². The summed E-state index contributed by atoms with van der Waals surface area (Å²) in [7, 11) is -2.94. The molecule has 4 nitrogen and oxygen atoms in total. The Bertz CT molecular complexity index is 390. The van der Waals surface area contributed by atoms with Gasteiger partial charge in [0, 0.05) is 18.7 Å². The average Bonchev–Trinajstić information content (AvgIpc) is 2.70. The van der Waals surface area contributed by atoms with Gasteiger partial charge in [-0.15, -0.1) is 0 Å². The van der Waals surface area contributed by atoms with Crippen molar-refractivity contribution in [2.75, 3.05) is 12.0 Å². The molecule has 18 heavy (non-hydrogen) atoms. The molecule has 3 atom stereocenters. The predicted octanol–water partition coefficient (Wildman–Crippen LogP) is 1.30. The maximum Gasteiger partial charge on any atom is 0.149 e. The lowest BCUT2D eigenvalue weighted by atomic mass is 9.84. The highest BCUT2D eigenvalue weighted by Gasteiger charge is 2.37. The summed E-state index contributed by atoms with van der Waals surface area (Å²) < 4.78 is 22.0. The van der Waals surface area contributed by atoms with Gasteiger partial charge in [0.15, 0.2) is 0 Å². The first kappa shape index (κ1) is 14.0. The lowest BCUT2D eigenvalue weighted by molar-refractivity contribution is -0.120. The van der Waals surface area contributed by atoms with Gasteiger partial charge in [0.05, 0.1) is 11.8 Å². The summed E-state index contributed by atoms with van der Waals surface area (Å²) in [6.45, 7) is 0. The van der Waals surface area contributed by atoms with Gasteiger partial charge in [-0.3, -0.25) is 4.79 Å². The van der Waals surface area contributed by atoms with E-state index in [1.165, 1.54) is 31.9 Å². The van der Waals surface area contributed by atoms with E-state index in [1.54, 1.807) is 0 Å². The van der Waals surface area contributed by atoms with E-state index in [9.17, 15) is 13.2 Å². The fourth-order valence-electron chi connectivity index (χ4n) is 3.25. The Morgan fingerprint density at radius 1 is 1.28 bits per heavy atom. The molecule has 3 unspecified atom stereocenters. The Morgan fingerprint density at radius 2 is 2.00 bits per heavy atom. The lowest BCUT2D eigenvalue weighted by Gasteiger charge is -2.24. The maximum atomic E-state index is 12.0. The average molecular weight is 273 g/mol. The molecule has 1 aliphatic heterocycles. The number of Topliss-reactive ketones (excluding diaryl/α,β-unsaturated/α-hetero) is 1. The van der Waals surface area contributed by atoms with Crippen molar-refractivity contribution in [1.82, 2.24) is 5.32 Å². The van der Waals surface area contributed by atoms with Gasteiger partial charge in [-0.25, -0.2) is 8.42 Å². The molecule has 0 amide bonds. The van der Waals surface area contributed by atoms with E-state index < -0.39 is 9.84 Å². The molecule has 0 aromatic rings. The summed E-state index contributed by atoms with van der Waals surface area (Å²) in [5.41, 5.74) is 0. The third-order valence-electron chi connectivity index (χ3n) is 4.19. The largest absolute Gasteiger partial charge is 0.304 e. The molecule has 0 aromatic heterocycles. The summed E-state index contributed by atoms with van der Waals surface area (Å²) in [6.07, 6.45) is 8.03. The van der Waals surface area contributed by atoms with Crippen LogP contribution in [0.1, 0.15) is 44.9 Å². The van der Waals surface area contributed by atoms with Crippen molar-refractivity contribution >= 4 is 15.6 Å². The van der Waals surface area contributed by atoms with Crippen LogP contribution < -0.4 is 5.32 Å². The molecular formula is C13H23NO3S. The molecule has 2 aliphatic rings. The van der Waals surface area contributed by atoms with Gasteiger partial charge >= 0.3 is 0 Å². The molecule has 2 rings (SSSR count). The van der Waals surface area contributed by atoms with E-state index in [0.29, 0.717) is 24.8 Å². The number of carbonyl (C=O) groups is 1. The number of hydrogen-bond acceptors (Lipinski definition) is 4. The van der Waals surface area contributed by atoms with E-state index >= 15 is 0 Å². The Labute approximate surface area is 109 Å². The Balaban J connectivity index is 1.77. The van der Waals surface area contributed by atoms with Crippen LogP contribution in [-0.2, 0) is 14.6 Å². The van der Waals surface area contributed by atoms with Crippen molar-refractivity contribution in [3.8, 4) is 0 Å². The molecule has 5 heteroatoms. The Hall–Kier alpha value is -0.420. The fourth-order valence-corrected chi connectivity index (χ4v) is 3.91. The third-order valence-corrected chi connectivity index (χ3v) is 5.22. The second kappa shape index (κ2) is 5.70. The van der Waals surface area contributed by atoms with Crippen LogP contribution in [0, 0.1) is 5.92 Å². The van der Waals surface area contributed by atoms with Gasteiger partial charge < -0.3 is 5.32 Å². The van der Waals surface area contributed by atoms with Crippen molar-refractivity contribution in [3.63, 3.8) is 0 Å². The van der Waals surface area contributed by atoms with Crippen molar-refractivity contribution in [1.29, 1.82) is 0 Å². The van der Waals surface area contributed by atoms with Crippen molar-refractivity contribution in [2.24, 2.45) is 5.92 Å². The minimum absolute atomic E-state index is 0.0161. The molecule has 1 saturated heterocycles. The van der Waals surface area contributed by atoms with E-state index in [2.05, 4.69) is 5.32 Å². The Morgan fingerprint density at radius 3 is 2.67 bits per heavy atom. The maximum absolute atomic E-state index is 12.0. The summed E-state index contributed by atoms with van der Waals surface area (Å²) in [6, 6.07) is 0.514. The molecule has 0 bridgehead atoms. The first-order valence-electron chi connectivity index (χ1n) is 6.92. The van der Waals surface area contributed by atoms with Gasteiger partial charge in [0.2, 0.25) is 0 Å². The van der Waals surface area contributed by atoms with Crippen molar-refractivity contribution in [2.45, 2.75) is 57.0 Å². The van der Waals surface area contributed by atoms with E-state index in [1.807, 2.05) is 0 Å². The molecule has 1 heterocycles. The smallest absolute Gasteiger partial charge is 0.149 e. The van der Waals surface area contributed by atoms with Crippen LogP contribution in [0.3, 0.4) is 0 Å². The number of carbonyl (C=O) groups excluding carboxylic acids is 1. The highest BCUT2D eigenvalue weighted by Crippen LogP contribution is 2.33. The minimum Gasteiger partial charge on any atom is -0.304 e. The van der Waals surface area contributed by atoms with Crippen LogP contribution in [0.2, 0.25) is 0 Å². The van der Waals surface area contributed by atoms with E-state index in [-0.39, 0.29) is 17.6 Å². The number of nitrogens with one attached hydrogen (secondary N) is 1. The van der Waals surface area contributed by atoms with Gasteiger partial charge in [0.25, 0.3) is 0 Å². The van der Waals surface area contributed by atoms with Gasteiger partial charge in [-0.05, 0) is 31.6 Å². The lowest BCUT2D eigenvalue weighted by Crippen LogP contribution is -2.37. The van der Waals surface area contributed by atoms with Crippen molar-refractivity contribution in [3.05, 3.63) is 0 Å². The minimum atomic E-state index is -2.94. The third kappa shape index (κ3) is 3.79. The summed E-state index contributed by atoms with van der Waals surface area (Å²) >= 11 is 0. The quantitative estimate of drug-likeness (QED) is 0.820. The summed E-state index contributed by atoms with van der Waals surface area (Å²) in [5, 5.41) is 3.44. The molecule has 0 spiro atoms. The standard InChI is InChI=1S/C13H23NO3S/c1-18(16,17)8-4-7-13(15)12-9-10-5-2-3-6-11(10)14-12/h10-12,14H,2-9H2,1H3. The molecule has 0 aromatic carbocycles. The van der Waals surface area contributed by atoms with Gasteiger partial charge in [-0.2, -0.15) is 0 Å². The highest BCUT2D eigenvalue weighted by atomic mass is 32.2. The van der Waals surface area contributed by atoms with Crippen LogP contribution in [0.4, 0.5) is 0 Å². The zero-order chi connectivity index (χ0) is 13.2.